The molecule has 1 atom stereocenters. The van der Waals surface area contributed by atoms with Crippen LogP contribution < -0.4 is 15.2 Å². The molecule has 0 amide bonds. The zero-order chi connectivity index (χ0) is 15.9. The number of halogens is 1. The maximum absolute atomic E-state index is 5.96. The monoisotopic (exact) mass is 388 g/mol. The summed E-state index contributed by atoms with van der Waals surface area (Å²) >= 11 is 5.05. The van der Waals surface area contributed by atoms with Crippen molar-refractivity contribution in [2.75, 3.05) is 27.4 Å². The standard InChI is InChI=1S/C15H21BrN2O3S/c1-19-13-6-10(12(16)7-14(13)20-2)9-22-15(17)18-8-11-4-3-5-21-11/h6-7,11H,3-5,8-9H2,1-2H3,(H2,17,18)/t11-/m1/s1. The fourth-order valence-corrected chi connectivity index (χ4v) is 3.54. The minimum atomic E-state index is 0.229. The van der Waals surface area contributed by atoms with Crippen LogP contribution in [0.15, 0.2) is 21.6 Å². The first kappa shape index (κ1) is 17.4. The zero-order valence-corrected chi connectivity index (χ0v) is 15.2. The van der Waals surface area contributed by atoms with E-state index in [1.54, 1.807) is 14.2 Å². The molecule has 1 fully saturated rings. The minimum absolute atomic E-state index is 0.229. The van der Waals surface area contributed by atoms with Crippen molar-refractivity contribution in [1.82, 2.24) is 0 Å². The second kappa shape index (κ2) is 8.64. The number of hydrogen-bond donors (Lipinski definition) is 1. The molecule has 122 valence electrons. The third-order valence-electron chi connectivity index (χ3n) is 3.40. The summed E-state index contributed by atoms with van der Waals surface area (Å²) in [5, 5.41) is 0.581. The molecule has 0 aromatic heterocycles. The molecule has 2 rings (SSSR count). The van der Waals surface area contributed by atoms with E-state index in [2.05, 4.69) is 20.9 Å². The zero-order valence-electron chi connectivity index (χ0n) is 12.8. The summed E-state index contributed by atoms with van der Waals surface area (Å²) in [6.45, 7) is 1.48. The molecule has 1 aromatic carbocycles. The van der Waals surface area contributed by atoms with E-state index >= 15 is 0 Å². The molecule has 0 aliphatic carbocycles. The molecule has 0 unspecified atom stereocenters. The third kappa shape index (κ3) is 4.79. The summed E-state index contributed by atoms with van der Waals surface area (Å²) in [6.07, 6.45) is 2.42. The number of hydrogen-bond acceptors (Lipinski definition) is 5. The maximum Gasteiger partial charge on any atom is 0.161 e. The van der Waals surface area contributed by atoms with Crippen LogP contribution in [0.4, 0.5) is 0 Å². The molecule has 0 spiro atoms. The van der Waals surface area contributed by atoms with Gasteiger partial charge in [0, 0.05) is 16.8 Å². The van der Waals surface area contributed by atoms with Gasteiger partial charge in [-0.3, -0.25) is 4.99 Å². The quantitative estimate of drug-likeness (QED) is 0.598. The number of rotatable bonds is 6. The first-order chi connectivity index (χ1) is 10.6. The summed E-state index contributed by atoms with van der Waals surface area (Å²) in [5.41, 5.74) is 7.04. The van der Waals surface area contributed by atoms with Crippen LogP contribution in [0.1, 0.15) is 18.4 Å². The molecule has 0 radical (unpaired) electrons. The van der Waals surface area contributed by atoms with Gasteiger partial charge in [0.15, 0.2) is 16.7 Å². The highest BCUT2D eigenvalue weighted by molar-refractivity contribution is 9.10. The minimum Gasteiger partial charge on any atom is -0.493 e. The van der Waals surface area contributed by atoms with Gasteiger partial charge in [0.1, 0.15) is 0 Å². The van der Waals surface area contributed by atoms with Crippen molar-refractivity contribution in [3.8, 4) is 11.5 Å². The van der Waals surface area contributed by atoms with Gasteiger partial charge in [0.2, 0.25) is 0 Å². The summed E-state index contributed by atoms with van der Waals surface area (Å²) in [7, 11) is 3.24. The lowest BCUT2D eigenvalue weighted by Gasteiger charge is -2.12. The van der Waals surface area contributed by atoms with E-state index in [0.29, 0.717) is 29.0 Å². The summed E-state index contributed by atoms with van der Waals surface area (Å²) < 4.78 is 17.1. The number of methoxy groups -OCH3 is 2. The number of nitrogens with two attached hydrogens (primary N) is 1. The van der Waals surface area contributed by atoms with E-state index in [1.807, 2.05) is 12.1 Å². The molecule has 2 N–H and O–H groups in total. The van der Waals surface area contributed by atoms with Gasteiger partial charge in [0.05, 0.1) is 26.9 Å². The van der Waals surface area contributed by atoms with Crippen LogP contribution in [0.25, 0.3) is 0 Å². The Kier molecular flexibility index (Phi) is 6.85. The number of thioether (sulfide) groups is 1. The topological polar surface area (TPSA) is 66.1 Å². The Hall–Kier alpha value is -0.920. The number of amidine groups is 1. The van der Waals surface area contributed by atoms with Gasteiger partial charge in [-0.1, -0.05) is 27.7 Å². The fourth-order valence-electron chi connectivity index (χ4n) is 2.18. The molecule has 1 aliphatic rings. The summed E-state index contributed by atoms with van der Waals surface area (Å²) in [5.74, 6) is 2.11. The Morgan fingerprint density at radius 1 is 1.41 bits per heavy atom. The molecule has 0 saturated carbocycles. The second-order valence-electron chi connectivity index (χ2n) is 4.90. The van der Waals surface area contributed by atoms with Crippen LogP contribution >= 0.6 is 27.7 Å². The second-order valence-corrected chi connectivity index (χ2v) is 6.75. The van der Waals surface area contributed by atoms with Crippen molar-refractivity contribution in [3.05, 3.63) is 22.2 Å². The highest BCUT2D eigenvalue weighted by atomic mass is 79.9. The molecular formula is C15H21BrN2O3S. The summed E-state index contributed by atoms with van der Waals surface area (Å²) in [6, 6.07) is 3.84. The molecule has 22 heavy (non-hydrogen) atoms. The Bertz CT molecular complexity index is 534. The van der Waals surface area contributed by atoms with E-state index in [-0.39, 0.29) is 6.10 Å². The molecule has 1 saturated heterocycles. The van der Waals surface area contributed by atoms with Crippen molar-refractivity contribution in [2.45, 2.75) is 24.7 Å². The van der Waals surface area contributed by atoms with E-state index in [9.17, 15) is 0 Å². The van der Waals surface area contributed by atoms with Crippen LogP contribution in [-0.4, -0.2) is 38.6 Å². The normalized spacial score (nSPS) is 18.5. The highest BCUT2D eigenvalue weighted by Gasteiger charge is 2.15. The van der Waals surface area contributed by atoms with Crippen LogP contribution in [0.3, 0.4) is 0 Å². The molecule has 7 heteroatoms. The molecular weight excluding hydrogens is 368 g/mol. The molecule has 0 bridgehead atoms. The van der Waals surface area contributed by atoms with Crippen molar-refractivity contribution in [3.63, 3.8) is 0 Å². The predicted molar refractivity (Wildman–Crippen MR) is 94.0 cm³/mol. The predicted octanol–water partition coefficient (Wildman–Crippen LogP) is 3.19. The summed E-state index contributed by atoms with van der Waals surface area (Å²) in [4.78, 5) is 4.39. The average molecular weight is 389 g/mol. The van der Waals surface area contributed by atoms with Gasteiger partial charge in [-0.25, -0.2) is 0 Å². The van der Waals surface area contributed by atoms with Crippen molar-refractivity contribution >= 4 is 32.9 Å². The lowest BCUT2D eigenvalue weighted by molar-refractivity contribution is 0.118. The highest BCUT2D eigenvalue weighted by Crippen LogP contribution is 2.34. The van der Waals surface area contributed by atoms with Gasteiger partial charge in [-0.15, -0.1) is 0 Å². The van der Waals surface area contributed by atoms with E-state index in [0.717, 1.165) is 29.5 Å². The molecule has 1 aromatic rings. The Morgan fingerprint density at radius 3 is 2.77 bits per heavy atom. The van der Waals surface area contributed by atoms with Crippen LogP contribution in [0.5, 0.6) is 11.5 Å². The van der Waals surface area contributed by atoms with E-state index < -0.39 is 0 Å². The van der Waals surface area contributed by atoms with Crippen LogP contribution in [-0.2, 0) is 10.5 Å². The molecule has 1 heterocycles. The smallest absolute Gasteiger partial charge is 0.161 e. The van der Waals surface area contributed by atoms with E-state index in [4.69, 9.17) is 19.9 Å². The van der Waals surface area contributed by atoms with Gasteiger partial charge in [0.25, 0.3) is 0 Å². The largest absolute Gasteiger partial charge is 0.493 e. The Labute approximate surface area is 143 Å². The lowest BCUT2D eigenvalue weighted by Crippen LogP contribution is -2.14. The van der Waals surface area contributed by atoms with Crippen molar-refractivity contribution < 1.29 is 14.2 Å². The first-order valence-corrected chi connectivity index (χ1v) is 8.86. The molecule has 1 aliphatic heterocycles. The number of nitrogens with zero attached hydrogens (tertiary/aromatic N) is 1. The molecule has 5 nitrogen and oxygen atoms in total. The van der Waals surface area contributed by atoms with Gasteiger partial charge in [-0.2, -0.15) is 0 Å². The fraction of sp³-hybridized carbons (Fsp3) is 0.533. The third-order valence-corrected chi connectivity index (χ3v) is 5.02. The average Bonchev–Trinajstić information content (AvgIpc) is 3.04. The van der Waals surface area contributed by atoms with Crippen LogP contribution in [0.2, 0.25) is 0 Å². The number of benzene rings is 1. The van der Waals surface area contributed by atoms with Gasteiger partial charge < -0.3 is 19.9 Å². The number of aliphatic imine (C=N–C) groups is 1. The van der Waals surface area contributed by atoms with Gasteiger partial charge in [-0.05, 0) is 30.5 Å². The van der Waals surface area contributed by atoms with Crippen LogP contribution in [0, 0.1) is 0 Å². The maximum atomic E-state index is 5.96. The Morgan fingerprint density at radius 2 is 2.14 bits per heavy atom. The van der Waals surface area contributed by atoms with E-state index in [1.165, 1.54) is 11.8 Å². The lowest BCUT2D eigenvalue weighted by atomic mass is 10.2. The number of ether oxygens (including phenoxy) is 3. The first-order valence-electron chi connectivity index (χ1n) is 7.08. The van der Waals surface area contributed by atoms with Gasteiger partial charge >= 0.3 is 0 Å². The van der Waals surface area contributed by atoms with Crippen molar-refractivity contribution in [1.29, 1.82) is 0 Å². The van der Waals surface area contributed by atoms with Crippen molar-refractivity contribution in [2.24, 2.45) is 10.7 Å². The SMILES string of the molecule is COc1cc(Br)c(CSC(N)=NC[C@H]2CCCO2)cc1OC. The Balaban J connectivity index is 1.93.